The van der Waals surface area contributed by atoms with E-state index in [4.69, 9.17) is 0 Å². The average Bonchev–Trinajstić information content (AvgIpc) is 3.33. The molecule has 1 aliphatic carbocycles. The first-order valence-corrected chi connectivity index (χ1v) is 19.1. The Kier molecular flexibility index (Phi) is 9.89. The van der Waals surface area contributed by atoms with E-state index in [9.17, 15) is 0 Å². The number of benzene rings is 6. The van der Waals surface area contributed by atoms with Crippen LogP contribution in [0.5, 0.6) is 0 Å². The van der Waals surface area contributed by atoms with Gasteiger partial charge in [-0.2, -0.15) is 0 Å². The summed E-state index contributed by atoms with van der Waals surface area (Å²) in [5.41, 5.74) is 19.6. The highest BCUT2D eigenvalue weighted by atomic mass is 14.4. The van der Waals surface area contributed by atoms with Crippen LogP contribution in [0.1, 0.15) is 106 Å². The van der Waals surface area contributed by atoms with Gasteiger partial charge in [-0.1, -0.05) is 176 Å². The monoisotopic (exact) mass is 666 g/mol. The molecule has 0 nitrogen and oxygen atoms in total. The first kappa shape index (κ1) is 34.8. The van der Waals surface area contributed by atoms with Gasteiger partial charge in [-0.15, -0.1) is 0 Å². The number of rotatable bonds is 11. The maximum absolute atomic E-state index is 2.54. The second-order valence-electron chi connectivity index (χ2n) is 16.2. The largest absolute Gasteiger partial charge is 0.0617 e. The molecule has 0 N–H and O–H groups in total. The van der Waals surface area contributed by atoms with Crippen LogP contribution in [0.15, 0.2) is 133 Å². The summed E-state index contributed by atoms with van der Waals surface area (Å²) >= 11 is 0. The molecule has 0 saturated heterocycles. The lowest BCUT2D eigenvalue weighted by atomic mass is 9.77. The molecule has 0 heterocycles. The fourth-order valence-electron chi connectivity index (χ4n) is 8.71. The van der Waals surface area contributed by atoms with Gasteiger partial charge in [-0.05, 0) is 121 Å². The molecule has 258 valence electrons. The van der Waals surface area contributed by atoms with Gasteiger partial charge in [0.1, 0.15) is 0 Å². The van der Waals surface area contributed by atoms with E-state index < -0.39 is 0 Å². The standard InChI is InChI=1S/C51H54/c1-34-14-21-42(22-15-34)45(44-13-9-11-37(4)29-44)25-18-39-19-26-46-47-27-20-41(33-50(47)51(6,7)49(46)32-39)30-38(5)48(43-23-16-35(2)17-24-43)31-40-12-8-10-36(3)28-40/h8-17,19-24,26-29,32-33,38,45,48H,18,25,30-31H2,1-7H3. The van der Waals surface area contributed by atoms with Crippen LogP contribution in [0.25, 0.3) is 11.1 Å². The van der Waals surface area contributed by atoms with Crippen LogP contribution in [0, 0.1) is 33.6 Å². The minimum Gasteiger partial charge on any atom is -0.0617 e. The van der Waals surface area contributed by atoms with Crippen LogP contribution in [-0.2, 0) is 24.7 Å². The number of hydrogen-bond donors (Lipinski definition) is 0. The lowest BCUT2D eigenvalue weighted by Crippen LogP contribution is -2.17. The SMILES string of the molecule is Cc1ccc(C(CCc2ccc3c(c2)C(C)(C)c2cc(CC(C)C(Cc4cccc(C)c4)c4ccc(C)cc4)ccc2-3)c2cccc(C)c2)cc1. The molecule has 0 spiro atoms. The van der Waals surface area contributed by atoms with Crippen LogP contribution in [0.2, 0.25) is 0 Å². The molecular formula is C51H54. The van der Waals surface area contributed by atoms with Gasteiger partial charge >= 0.3 is 0 Å². The number of fused-ring (bicyclic) bond motifs is 3. The molecule has 3 unspecified atom stereocenters. The highest BCUT2D eigenvalue weighted by Gasteiger charge is 2.36. The molecule has 51 heavy (non-hydrogen) atoms. The Hall–Kier alpha value is -4.68. The van der Waals surface area contributed by atoms with Crippen molar-refractivity contribution in [3.8, 4) is 11.1 Å². The van der Waals surface area contributed by atoms with Crippen LogP contribution in [0.4, 0.5) is 0 Å². The second-order valence-corrected chi connectivity index (χ2v) is 16.2. The van der Waals surface area contributed by atoms with Gasteiger partial charge in [0.15, 0.2) is 0 Å². The molecule has 0 bridgehead atoms. The third-order valence-corrected chi connectivity index (χ3v) is 11.7. The van der Waals surface area contributed by atoms with Crippen LogP contribution in [0.3, 0.4) is 0 Å². The van der Waals surface area contributed by atoms with E-state index in [0.29, 0.717) is 17.8 Å². The minimum absolute atomic E-state index is 0.0370. The maximum atomic E-state index is 2.54. The third kappa shape index (κ3) is 7.52. The summed E-state index contributed by atoms with van der Waals surface area (Å²) in [6.45, 7) is 16.1. The molecule has 0 amide bonds. The van der Waals surface area contributed by atoms with Gasteiger partial charge in [0, 0.05) is 11.3 Å². The molecule has 0 saturated carbocycles. The molecule has 0 aromatic heterocycles. The van der Waals surface area contributed by atoms with Crippen molar-refractivity contribution in [2.24, 2.45) is 5.92 Å². The second kappa shape index (κ2) is 14.5. The molecule has 1 aliphatic rings. The number of hydrogen-bond acceptors (Lipinski definition) is 0. The quantitative estimate of drug-likeness (QED) is 0.129. The van der Waals surface area contributed by atoms with E-state index in [2.05, 4.69) is 182 Å². The van der Waals surface area contributed by atoms with Gasteiger partial charge in [0.25, 0.3) is 0 Å². The van der Waals surface area contributed by atoms with Gasteiger partial charge in [-0.3, -0.25) is 0 Å². The summed E-state index contributed by atoms with van der Waals surface area (Å²) in [4.78, 5) is 0. The lowest BCUT2D eigenvalue weighted by Gasteiger charge is -2.27. The first-order chi connectivity index (χ1) is 24.5. The Bertz CT molecular complexity index is 2130. The molecule has 0 aliphatic heterocycles. The smallest absolute Gasteiger partial charge is 0.0159 e. The summed E-state index contributed by atoms with van der Waals surface area (Å²) in [5.74, 6) is 1.33. The minimum atomic E-state index is -0.0370. The van der Waals surface area contributed by atoms with Crippen molar-refractivity contribution in [2.75, 3.05) is 0 Å². The van der Waals surface area contributed by atoms with E-state index in [-0.39, 0.29) is 5.41 Å². The first-order valence-electron chi connectivity index (χ1n) is 19.1. The molecule has 0 radical (unpaired) electrons. The summed E-state index contributed by atoms with van der Waals surface area (Å²) in [6, 6.07) is 51.3. The summed E-state index contributed by atoms with van der Waals surface area (Å²) in [5, 5.41) is 0. The zero-order chi connectivity index (χ0) is 35.7. The summed E-state index contributed by atoms with van der Waals surface area (Å²) in [6.07, 6.45) is 4.27. The highest BCUT2D eigenvalue weighted by molar-refractivity contribution is 5.81. The Morgan fingerprint density at radius 2 is 1.02 bits per heavy atom. The van der Waals surface area contributed by atoms with E-state index in [1.165, 1.54) is 77.9 Å². The summed E-state index contributed by atoms with van der Waals surface area (Å²) in [7, 11) is 0. The average molecular weight is 667 g/mol. The van der Waals surface area contributed by atoms with Gasteiger partial charge in [-0.25, -0.2) is 0 Å². The fraction of sp³-hybridized carbons (Fsp3) is 0.294. The predicted octanol–water partition coefficient (Wildman–Crippen LogP) is 13.2. The van der Waals surface area contributed by atoms with Gasteiger partial charge in [0.2, 0.25) is 0 Å². The van der Waals surface area contributed by atoms with E-state index >= 15 is 0 Å². The molecule has 0 fully saturated rings. The Morgan fingerprint density at radius 1 is 0.471 bits per heavy atom. The van der Waals surface area contributed by atoms with E-state index in [0.717, 1.165) is 25.7 Å². The molecular weight excluding hydrogens is 613 g/mol. The van der Waals surface area contributed by atoms with Crippen LogP contribution < -0.4 is 0 Å². The third-order valence-electron chi connectivity index (χ3n) is 11.7. The molecule has 0 heteroatoms. The van der Waals surface area contributed by atoms with Gasteiger partial charge in [0.05, 0.1) is 0 Å². The summed E-state index contributed by atoms with van der Waals surface area (Å²) < 4.78 is 0. The molecule has 6 aromatic carbocycles. The van der Waals surface area contributed by atoms with Crippen molar-refractivity contribution in [1.82, 2.24) is 0 Å². The molecule has 6 aromatic rings. The Morgan fingerprint density at radius 3 is 1.65 bits per heavy atom. The molecule has 7 rings (SSSR count). The van der Waals surface area contributed by atoms with Crippen LogP contribution >= 0.6 is 0 Å². The highest BCUT2D eigenvalue weighted by Crippen LogP contribution is 2.49. The maximum Gasteiger partial charge on any atom is 0.0159 e. The van der Waals surface area contributed by atoms with Crippen molar-refractivity contribution in [3.63, 3.8) is 0 Å². The number of aryl methyl sites for hydroxylation is 5. The van der Waals surface area contributed by atoms with Crippen LogP contribution in [-0.4, -0.2) is 0 Å². The van der Waals surface area contributed by atoms with Crippen molar-refractivity contribution in [3.05, 3.63) is 200 Å². The van der Waals surface area contributed by atoms with E-state index in [1.807, 2.05) is 0 Å². The molecule has 3 atom stereocenters. The topological polar surface area (TPSA) is 0 Å². The zero-order valence-electron chi connectivity index (χ0n) is 31.8. The normalized spacial score (nSPS) is 14.8. The van der Waals surface area contributed by atoms with Crippen molar-refractivity contribution in [2.45, 2.75) is 91.4 Å². The van der Waals surface area contributed by atoms with Crippen molar-refractivity contribution < 1.29 is 0 Å². The Balaban J connectivity index is 1.12. The predicted molar refractivity (Wildman–Crippen MR) is 218 cm³/mol. The lowest BCUT2D eigenvalue weighted by molar-refractivity contribution is 0.453. The van der Waals surface area contributed by atoms with Gasteiger partial charge < -0.3 is 0 Å². The van der Waals surface area contributed by atoms with E-state index in [1.54, 1.807) is 0 Å². The fourth-order valence-corrected chi connectivity index (χ4v) is 8.71. The van der Waals surface area contributed by atoms with Crippen molar-refractivity contribution in [1.29, 1.82) is 0 Å². The Labute approximate surface area is 307 Å². The van der Waals surface area contributed by atoms with Crippen molar-refractivity contribution >= 4 is 0 Å². The zero-order valence-corrected chi connectivity index (χ0v) is 31.8.